The van der Waals surface area contributed by atoms with Crippen LogP contribution in [0.3, 0.4) is 0 Å². The molecule has 0 aliphatic carbocycles. The Morgan fingerprint density at radius 2 is 0.554 bits per heavy atom. The van der Waals surface area contributed by atoms with E-state index in [1.54, 1.807) is 0 Å². The van der Waals surface area contributed by atoms with Crippen molar-refractivity contribution in [3.8, 4) is 0 Å². The summed E-state index contributed by atoms with van der Waals surface area (Å²) in [4.78, 5) is 71.8. The van der Waals surface area contributed by atoms with Crippen molar-refractivity contribution >= 4 is 39.5 Å². The third-order valence-electron chi connectivity index (χ3n) is 14.7. The number of aliphatic hydroxyl groups is 1. The molecule has 0 heterocycles. The topological polar surface area (TPSA) is 237 Å². The maximum atomic E-state index is 13.0. The molecule has 492 valence electrons. The molecule has 3 N–H and O–H groups in total. The summed E-state index contributed by atoms with van der Waals surface area (Å²) in [6.45, 7) is 9.22. The fourth-order valence-electron chi connectivity index (χ4n) is 9.53. The van der Waals surface area contributed by atoms with Gasteiger partial charge in [-0.25, -0.2) is 9.13 Å². The maximum Gasteiger partial charge on any atom is 0.472 e. The number of hydrogen-bond acceptors (Lipinski definition) is 15. The highest BCUT2D eigenvalue weighted by Gasteiger charge is 2.30. The number of carbonyl (C=O) groups excluding carboxylic acids is 4. The average molecular weight is 1230 g/mol. The highest BCUT2D eigenvalue weighted by atomic mass is 31.2. The second kappa shape index (κ2) is 56.6. The summed E-state index contributed by atoms with van der Waals surface area (Å²) in [5.74, 6) is -0.803. The van der Waals surface area contributed by atoms with Crippen LogP contribution in [0.15, 0.2) is 0 Å². The van der Waals surface area contributed by atoms with Crippen molar-refractivity contribution in [1.29, 1.82) is 0 Å². The number of ether oxygens (including phenoxy) is 4. The van der Waals surface area contributed by atoms with Crippen LogP contribution in [-0.4, -0.2) is 96.7 Å². The molecule has 0 rings (SSSR count). The van der Waals surface area contributed by atoms with Crippen LogP contribution < -0.4 is 0 Å². The number of phosphoric acid groups is 2. The molecular weight excluding hydrogens is 1100 g/mol. The van der Waals surface area contributed by atoms with Gasteiger partial charge in [-0.15, -0.1) is 0 Å². The molecule has 0 spiro atoms. The number of aliphatic hydroxyl groups excluding tert-OH is 1. The molecule has 0 amide bonds. The summed E-state index contributed by atoms with van der Waals surface area (Å²) in [5, 5.41) is 10.5. The third-order valence-corrected chi connectivity index (χ3v) is 16.6. The first kappa shape index (κ1) is 81.1. The lowest BCUT2D eigenvalue weighted by atomic mass is 10.0. The van der Waals surface area contributed by atoms with Crippen LogP contribution >= 0.6 is 15.6 Å². The molecule has 0 aromatic heterocycles. The van der Waals surface area contributed by atoms with Gasteiger partial charge in [0.25, 0.3) is 0 Å². The van der Waals surface area contributed by atoms with Crippen LogP contribution in [0.25, 0.3) is 0 Å². The fourth-order valence-corrected chi connectivity index (χ4v) is 11.1. The van der Waals surface area contributed by atoms with Crippen molar-refractivity contribution in [2.45, 2.75) is 336 Å². The van der Waals surface area contributed by atoms with Gasteiger partial charge in [-0.1, -0.05) is 266 Å². The summed E-state index contributed by atoms with van der Waals surface area (Å²) < 4.78 is 67.7. The standard InChI is InChI=1S/C64H124O17P2/c1-7-9-11-13-14-15-16-17-18-19-20-21-22-23-24-25-26-27-36-42-48-63(68)80-60(53-75-62(67)47-41-35-30-28-33-38-44-56(3)4)55-79-83(72,73)77-51-58(65)50-76-82(70,71)78-54-59(52-74-61(66)46-40-32-12-10-8-2)81-64(69)49-43-37-31-29-34-39-45-57(5)6/h56-60,65H,7-55H2,1-6H3,(H,70,71)(H,72,73)/t58-,59+,60+/m0/s1. The fraction of sp³-hybridized carbons (Fsp3) is 0.938. The number of rotatable bonds is 63. The third kappa shape index (κ3) is 58.8. The largest absolute Gasteiger partial charge is 0.472 e. The molecule has 0 aromatic rings. The van der Waals surface area contributed by atoms with Gasteiger partial charge in [-0.3, -0.25) is 37.3 Å². The van der Waals surface area contributed by atoms with Gasteiger partial charge in [0.15, 0.2) is 12.2 Å². The van der Waals surface area contributed by atoms with E-state index in [2.05, 4.69) is 41.5 Å². The molecule has 0 aromatic carbocycles. The second-order valence-corrected chi connectivity index (χ2v) is 27.0. The van der Waals surface area contributed by atoms with E-state index in [-0.39, 0.29) is 25.7 Å². The van der Waals surface area contributed by atoms with Crippen LogP contribution in [0.2, 0.25) is 0 Å². The average Bonchev–Trinajstić information content (AvgIpc) is 3.45. The van der Waals surface area contributed by atoms with Crippen LogP contribution in [0, 0.1) is 11.8 Å². The Morgan fingerprint density at radius 3 is 0.819 bits per heavy atom. The first-order chi connectivity index (χ1) is 39.9. The van der Waals surface area contributed by atoms with Crippen molar-refractivity contribution in [1.82, 2.24) is 0 Å². The summed E-state index contributed by atoms with van der Waals surface area (Å²) in [7, 11) is -9.87. The van der Waals surface area contributed by atoms with Crippen molar-refractivity contribution in [2.75, 3.05) is 39.6 Å². The molecule has 0 bridgehead atoms. The number of phosphoric ester groups is 2. The zero-order valence-corrected chi connectivity index (χ0v) is 55.3. The van der Waals surface area contributed by atoms with Crippen molar-refractivity contribution in [3.63, 3.8) is 0 Å². The Labute approximate surface area is 505 Å². The molecule has 17 nitrogen and oxygen atoms in total. The SMILES string of the molecule is CCCCCCCCCCCCCCCCCCCCCCC(=O)O[C@H](COC(=O)CCCCCCCCC(C)C)COP(=O)(O)OC[C@@H](O)COP(=O)(O)OC[C@@H](COC(=O)CCCCCCC)OC(=O)CCCCCCCCC(C)C. The molecular formula is C64H124O17P2. The lowest BCUT2D eigenvalue weighted by molar-refractivity contribution is -0.161. The van der Waals surface area contributed by atoms with Gasteiger partial charge in [0.1, 0.15) is 19.3 Å². The minimum absolute atomic E-state index is 0.101. The van der Waals surface area contributed by atoms with E-state index >= 15 is 0 Å². The van der Waals surface area contributed by atoms with E-state index in [0.717, 1.165) is 103 Å². The van der Waals surface area contributed by atoms with Crippen LogP contribution in [0.4, 0.5) is 0 Å². The molecule has 0 fully saturated rings. The molecule has 2 unspecified atom stereocenters. The highest BCUT2D eigenvalue weighted by molar-refractivity contribution is 7.47. The van der Waals surface area contributed by atoms with Crippen LogP contribution in [0.5, 0.6) is 0 Å². The van der Waals surface area contributed by atoms with Gasteiger partial charge in [0.2, 0.25) is 0 Å². The zero-order valence-electron chi connectivity index (χ0n) is 53.5. The van der Waals surface area contributed by atoms with Crippen molar-refractivity contribution in [2.24, 2.45) is 11.8 Å². The van der Waals surface area contributed by atoms with E-state index in [0.29, 0.717) is 37.5 Å². The van der Waals surface area contributed by atoms with Crippen LogP contribution in [0.1, 0.15) is 318 Å². The molecule has 0 aliphatic heterocycles. The predicted octanol–water partition coefficient (Wildman–Crippen LogP) is 17.7. The monoisotopic (exact) mass is 1230 g/mol. The number of esters is 4. The number of carbonyl (C=O) groups is 4. The smallest absolute Gasteiger partial charge is 0.462 e. The van der Waals surface area contributed by atoms with Gasteiger partial charge in [0, 0.05) is 25.7 Å². The first-order valence-electron chi connectivity index (χ1n) is 33.5. The lowest BCUT2D eigenvalue weighted by Gasteiger charge is -2.21. The molecule has 0 saturated heterocycles. The Kier molecular flexibility index (Phi) is 55.2. The van der Waals surface area contributed by atoms with Gasteiger partial charge in [-0.05, 0) is 37.5 Å². The van der Waals surface area contributed by atoms with Gasteiger partial charge >= 0.3 is 39.5 Å². The van der Waals surface area contributed by atoms with E-state index in [9.17, 15) is 43.2 Å². The minimum atomic E-state index is -4.94. The molecule has 19 heteroatoms. The van der Waals surface area contributed by atoms with E-state index in [1.807, 2.05) is 0 Å². The second-order valence-electron chi connectivity index (χ2n) is 24.1. The zero-order chi connectivity index (χ0) is 61.5. The van der Waals surface area contributed by atoms with Gasteiger partial charge in [0.05, 0.1) is 26.4 Å². The summed E-state index contributed by atoms with van der Waals surface area (Å²) in [6, 6.07) is 0. The van der Waals surface area contributed by atoms with E-state index in [1.165, 1.54) is 122 Å². The van der Waals surface area contributed by atoms with E-state index < -0.39 is 97.5 Å². The van der Waals surface area contributed by atoms with Gasteiger partial charge in [-0.2, -0.15) is 0 Å². The van der Waals surface area contributed by atoms with Crippen molar-refractivity contribution in [3.05, 3.63) is 0 Å². The maximum absolute atomic E-state index is 13.0. The normalized spacial score (nSPS) is 14.3. The molecule has 0 aliphatic rings. The Hall–Kier alpha value is -1.94. The van der Waals surface area contributed by atoms with E-state index in [4.69, 9.17) is 37.0 Å². The molecule has 5 atom stereocenters. The predicted molar refractivity (Wildman–Crippen MR) is 331 cm³/mol. The Bertz CT molecular complexity index is 1630. The first-order valence-corrected chi connectivity index (χ1v) is 36.5. The summed E-state index contributed by atoms with van der Waals surface area (Å²) in [6.07, 6.45) is 39.9. The van der Waals surface area contributed by atoms with Crippen LogP contribution in [-0.2, 0) is 65.4 Å². The lowest BCUT2D eigenvalue weighted by Crippen LogP contribution is -2.30. The minimum Gasteiger partial charge on any atom is -0.462 e. The Morgan fingerprint density at radius 1 is 0.325 bits per heavy atom. The quantitative estimate of drug-likeness (QED) is 0.0222. The van der Waals surface area contributed by atoms with Crippen molar-refractivity contribution < 1.29 is 80.2 Å². The highest BCUT2D eigenvalue weighted by Crippen LogP contribution is 2.45. The summed E-state index contributed by atoms with van der Waals surface area (Å²) >= 11 is 0. The molecule has 83 heavy (non-hydrogen) atoms. The Balaban J connectivity index is 5.07. The summed E-state index contributed by atoms with van der Waals surface area (Å²) in [5.41, 5.74) is 0. The number of unbranched alkanes of at least 4 members (excludes halogenated alkanes) is 33. The van der Waals surface area contributed by atoms with Gasteiger partial charge < -0.3 is 33.8 Å². The number of hydrogen-bond donors (Lipinski definition) is 3. The molecule has 0 saturated carbocycles. The molecule has 0 radical (unpaired) electrons.